The normalized spacial score (nSPS) is 20.8. The number of nitrogens with one attached hydrogen (secondary N) is 1. The predicted octanol–water partition coefficient (Wildman–Crippen LogP) is 0.749. The van der Waals surface area contributed by atoms with E-state index in [1.165, 1.54) is 38.8 Å². The molecule has 0 spiro atoms. The summed E-state index contributed by atoms with van der Waals surface area (Å²) in [7, 11) is 0. The molecule has 0 aromatic heterocycles. The maximum Gasteiger partial charge on any atom is 0.0443 e. The molecule has 12 heavy (non-hydrogen) atoms. The Morgan fingerprint density at radius 1 is 1.08 bits per heavy atom. The molecule has 1 fully saturated rings. The Morgan fingerprint density at radius 2 is 1.75 bits per heavy atom. The minimum absolute atomic E-state index is 0.292. The molecule has 0 aliphatic carbocycles. The molecule has 72 valence electrons. The number of rotatable bonds is 4. The van der Waals surface area contributed by atoms with Crippen LogP contribution < -0.4 is 5.43 Å². The molecule has 0 radical (unpaired) electrons. The number of aliphatic hydroxyl groups excluding tert-OH is 1. The largest absolute Gasteiger partial charge is 0.396 e. The molecule has 1 saturated heterocycles. The fraction of sp³-hybridized carbons (Fsp3) is 1.00. The van der Waals surface area contributed by atoms with Crippen LogP contribution in [0.2, 0.25) is 0 Å². The highest BCUT2D eigenvalue weighted by molar-refractivity contribution is 4.59. The summed E-state index contributed by atoms with van der Waals surface area (Å²) in [5, 5.41) is 10.9. The number of aliphatic hydroxyl groups is 1. The molecule has 0 amide bonds. The zero-order valence-corrected chi connectivity index (χ0v) is 7.76. The van der Waals surface area contributed by atoms with Crippen molar-refractivity contribution in [3.63, 3.8) is 0 Å². The zero-order chi connectivity index (χ0) is 8.65. The minimum Gasteiger partial charge on any atom is -0.396 e. The van der Waals surface area contributed by atoms with E-state index < -0.39 is 0 Å². The lowest BCUT2D eigenvalue weighted by molar-refractivity contribution is 0.183. The Kier molecular flexibility index (Phi) is 5.32. The molecule has 0 saturated carbocycles. The van der Waals surface area contributed by atoms with Gasteiger partial charge < -0.3 is 5.11 Å². The van der Waals surface area contributed by atoms with E-state index in [-0.39, 0.29) is 0 Å². The van der Waals surface area contributed by atoms with Gasteiger partial charge >= 0.3 is 0 Å². The summed E-state index contributed by atoms with van der Waals surface area (Å²) in [5.41, 5.74) is 3.34. The Hall–Kier alpha value is -0.120. The standard InChI is InChI=1S/C9H20N2O/c12-9-5-6-10-11-7-3-1-2-4-8-11/h10,12H,1-9H2. The van der Waals surface area contributed by atoms with E-state index in [9.17, 15) is 0 Å². The van der Waals surface area contributed by atoms with Crippen LogP contribution in [0.4, 0.5) is 0 Å². The van der Waals surface area contributed by atoms with Crippen LogP contribution in [-0.2, 0) is 0 Å². The van der Waals surface area contributed by atoms with Gasteiger partial charge in [-0.15, -0.1) is 0 Å². The van der Waals surface area contributed by atoms with Gasteiger partial charge in [-0.3, -0.25) is 5.43 Å². The highest BCUT2D eigenvalue weighted by Gasteiger charge is 2.06. The van der Waals surface area contributed by atoms with Gasteiger partial charge in [-0.25, -0.2) is 5.01 Å². The van der Waals surface area contributed by atoms with Crippen LogP contribution in [0.1, 0.15) is 32.1 Å². The van der Waals surface area contributed by atoms with Crippen LogP contribution in [0.25, 0.3) is 0 Å². The van der Waals surface area contributed by atoms with Gasteiger partial charge in [0.2, 0.25) is 0 Å². The van der Waals surface area contributed by atoms with Crippen molar-refractivity contribution in [2.24, 2.45) is 0 Å². The maximum absolute atomic E-state index is 8.59. The second kappa shape index (κ2) is 6.40. The number of hydrogen-bond acceptors (Lipinski definition) is 3. The Labute approximate surface area is 74.7 Å². The van der Waals surface area contributed by atoms with Crippen molar-refractivity contribution in [3.05, 3.63) is 0 Å². The van der Waals surface area contributed by atoms with Crippen molar-refractivity contribution in [1.29, 1.82) is 0 Å². The van der Waals surface area contributed by atoms with Gasteiger partial charge in [0.1, 0.15) is 0 Å². The van der Waals surface area contributed by atoms with E-state index >= 15 is 0 Å². The first-order valence-corrected chi connectivity index (χ1v) is 5.03. The van der Waals surface area contributed by atoms with Crippen LogP contribution in [0.15, 0.2) is 0 Å². The summed E-state index contributed by atoms with van der Waals surface area (Å²) >= 11 is 0. The summed E-state index contributed by atoms with van der Waals surface area (Å²) in [6.45, 7) is 3.55. The van der Waals surface area contributed by atoms with Crippen LogP contribution in [0.5, 0.6) is 0 Å². The molecule has 0 unspecified atom stereocenters. The first-order valence-electron chi connectivity index (χ1n) is 5.03. The summed E-state index contributed by atoms with van der Waals surface area (Å²) in [6, 6.07) is 0. The molecule has 0 aromatic carbocycles. The van der Waals surface area contributed by atoms with Crippen molar-refractivity contribution >= 4 is 0 Å². The van der Waals surface area contributed by atoms with Gasteiger partial charge in [0.15, 0.2) is 0 Å². The molecular formula is C9H20N2O. The van der Waals surface area contributed by atoms with E-state index in [0.29, 0.717) is 6.61 Å². The minimum atomic E-state index is 0.292. The topological polar surface area (TPSA) is 35.5 Å². The second-order valence-corrected chi connectivity index (χ2v) is 3.39. The third-order valence-electron chi connectivity index (χ3n) is 2.28. The van der Waals surface area contributed by atoms with E-state index in [4.69, 9.17) is 5.11 Å². The molecule has 1 aliphatic rings. The Bertz CT molecular complexity index is 101. The van der Waals surface area contributed by atoms with Crippen LogP contribution >= 0.6 is 0 Å². The summed E-state index contributed by atoms with van der Waals surface area (Å²) < 4.78 is 0. The van der Waals surface area contributed by atoms with Gasteiger partial charge in [-0.05, 0) is 19.3 Å². The first-order chi connectivity index (χ1) is 5.93. The monoisotopic (exact) mass is 172 g/mol. The van der Waals surface area contributed by atoms with Crippen molar-refractivity contribution in [2.75, 3.05) is 26.2 Å². The molecule has 1 aliphatic heterocycles. The van der Waals surface area contributed by atoms with E-state index in [0.717, 1.165) is 13.0 Å². The quantitative estimate of drug-likeness (QED) is 0.614. The first kappa shape index (κ1) is 9.96. The Morgan fingerprint density at radius 3 is 2.33 bits per heavy atom. The van der Waals surface area contributed by atoms with E-state index in [2.05, 4.69) is 10.4 Å². The van der Waals surface area contributed by atoms with Gasteiger partial charge in [0.05, 0.1) is 0 Å². The molecule has 1 rings (SSSR count). The molecule has 2 N–H and O–H groups in total. The molecule has 0 atom stereocenters. The number of nitrogens with zero attached hydrogens (tertiary/aromatic N) is 1. The third-order valence-corrected chi connectivity index (χ3v) is 2.28. The molecule has 3 nitrogen and oxygen atoms in total. The average Bonchev–Trinajstić information content (AvgIpc) is 2.33. The second-order valence-electron chi connectivity index (χ2n) is 3.39. The van der Waals surface area contributed by atoms with E-state index in [1.807, 2.05) is 0 Å². The van der Waals surface area contributed by atoms with Crippen LogP contribution in [0, 0.1) is 0 Å². The smallest absolute Gasteiger partial charge is 0.0443 e. The van der Waals surface area contributed by atoms with Gasteiger partial charge in [0, 0.05) is 26.2 Å². The lowest BCUT2D eigenvalue weighted by Gasteiger charge is -2.20. The van der Waals surface area contributed by atoms with Gasteiger partial charge in [0.25, 0.3) is 0 Å². The van der Waals surface area contributed by atoms with Gasteiger partial charge in [-0.1, -0.05) is 12.8 Å². The van der Waals surface area contributed by atoms with Crippen LogP contribution in [-0.4, -0.2) is 36.4 Å². The molecular weight excluding hydrogens is 152 g/mol. The summed E-state index contributed by atoms with van der Waals surface area (Å²) in [5.74, 6) is 0. The molecule has 1 heterocycles. The lowest BCUT2D eigenvalue weighted by Crippen LogP contribution is -2.39. The Balaban J connectivity index is 2.04. The van der Waals surface area contributed by atoms with Crippen molar-refractivity contribution in [2.45, 2.75) is 32.1 Å². The van der Waals surface area contributed by atoms with Crippen LogP contribution in [0.3, 0.4) is 0 Å². The fourth-order valence-electron chi connectivity index (χ4n) is 1.55. The number of hydrogen-bond donors (Lipinski definition) is 2. The summed E-state index contributed by atoms with van der Waals surface area (Å²) in [4.78, 5) is 0. The fourth-order valence-corrected chi connectivity index (χ4v) is 1.55. The molecule has 3 heteroatoms. The highest BCUT2D eigenvalue weighted by atomic mass is 16.3. The van der Waals surface area contributed by atoms with E-state index in [1.54, 1.807) is 0 Å². The predicted molar refractivity (Wildman–Crippen MR) is 49.7 cm³/mol. The van der Waals surface area contributed by atoms with Gasteiger partial charge in [-0.2, -0.15) is 0 Å². The van der Waals surface area contributed by atoms with Crippen molar-refractivity contribution in [1.82, 2.24) is 10.4 Å². The number of hydrazine groups is 1. The molecule has 0 bridgehead atoms. The zero-order valence-electron chi connectivity index (χ0n) is 7.76. The molecule has 0 aromatic rings. The third kappa shape index (κ3) is 4.04. The average molecular weight is 172 g/mol. The van der Waals surface area contributed by atoms with Crippen molar-refractivity contribution in [3.8, 4) is 0 Å². The highest BCUT2D eigenvalue weighted by Crippen LogP contribution is 2.07. The summed E-state index contributed by atoms with van der Waals surface area (Å²) in [6.07, 6.45) is 6.23. The lowest BCUT2D eigenvalue weighted by atomic mass is 10.2. The SMILES string of the molecule is OCCCNN1CCCCCC1. The maximum atomic E-state index is 8.59. The van der Waals surface area contributed by atoms with Crippen molar-refractivity contribution < 1.29 is 5.11 Å².